The van der Waals surface area contributed by atoms with Crippen LogP contribution >= 0.6 is 0 Å². The van der Waals surface area contributed by atoms with Crippen LogP contribution in [0.5, 0.6) is 0 Å². The van der Waals surface area contributed by atoms with Crippen molar-refractivity contribution in [1.82, 2.24) is 0 Å². The van der Waals surface area contributed by atoms with Crippen molar-refractivity contribution in [3.8, 4) is 0 Å². The minimum absolute atomic E-state index is 0.330. The molecule has 0 fully saturated rings. The third kappa shape index (κ3) is 17.4. The molecule has 0 spiro atoms. The Morgan fingerprint density at radius 2 is 1.50 bits per heavy atom. The molecule has 0 amide bonds. The fourth-order valence-electron chi connectivity index (χ4n) is 1.17. The van der Waals surface area contributed by atoms with Gasteiger partial charge in [-0.2, -0.15) is 0 Å². The Bertz CT molecular complexity index is 478. The van der Waals surface area contributed by atoms with Crippen LogP contribution in [0.15, 0.2) is 62.2 Å². The molecule has 1 rings (SSSR count). The molecular weight excluding hydrogens is 304 g/mol. The smallest absolute Gasteiger partial charge is 0.330 e. The van der Waals surface area contributed by atoms with Gasteiger partial charge in [-0.05, 0) is 18.9 Å². The van der Waals surface area contributed by atoms with Crippen LogP contribution in [-0.2, 0) is 19.1 Å². The molecule has 4 nitrogen and oxygen atoms in total. The second kappa shape index (κ2) is 18.4. The Labute approximate surface area is 145 Å². The van der Waals surface area contributed by atoms with Gasteiger partial charge in [-0.15, -0.1) is 0 Å². The van der Waals surface area contributed by atoms with E-state index < -0.39 is 0 Å². The molecule has 0 atom stereocenters. The summed E-state index contributed by atoms with van der Waals surface area (Å²) in [6.07, 6.45) is 6.13. The summed E-state index contributed by atoms with van der Waals surface area (Å²) in [6, 6.07) is 10.0. The molecule has 1 aromatic carbocycles. The highest BCUT2D eigenvalue weighted by molar-refractivity contribution is 5.81. The monoisotopic (exact) mass is 332 g/mol. The molecule has 0 saturated heterocycles. The molecule has 132 valence electrons. The molecule has 0 N–H and O–H groups in total. The van der Waals surface area contributed by atoms with Crippen LogP contribution in [0.4, 0.5) is 0 Å². The van der Waals surface area contributed by atoms with E-state index in [1.165, 1.54) is 11.6 Å². The molecule has 1 aromatic rings. The van der Waals surface area contributed by atoms with Crippen molar-refractivity contribution < 1.29 is 19.1 Å². The summed E-state index contributed by atoms with van der Waals surface area (Å²) in [4.78, 5) is 20.4. The van der Waals surface area contributed by atoms with Crippen LogP contribution in [-0.4, -0.2) is 25.2 Å². The lowest BCUT2D eigenvalue weighted by Gasteiger charge is -1.97. The van der Waals surface area contributed by atoms with Crippen molar-refractivity contribution in [2.45, 2.75) is 26.7 Å². The zero-order valence-corrected chi connectivity index (χ0v) is 14.7. The Kier molecular flexibility index (Phi) is 18.2. The van der Waals surface area contributed by atoms with Gasteiger partial charge in [-0.25, -0.2) is 9.59 Å². The van der Waals surface area contributed by atoms with Crippen LogP contribution in [0.2, 0.25) is 0 Å². The summed E-state index contributed by atoms with van der Waals surface area (Å²) in [5.74, 6) is -0.689. The number of carbonyl (C=O) groups is 2. The Morgan fingerprint density at radius 1 is 0.958 bits per heavy atom. The Balaban J connectivity index is 0. The van der Waals surface area contributed by atoms with Crippen LogP contribution < -0.4 is 0 Å². The fourth-order valence-corrected chi connectivity index (χ4v) is 1.17. The van der Waals surface area contributed by atoms with Gasteiger partial charge in [-0.3, -0.25) is 0 Å². The van der Waals surface area contributed by atoms with Crippen molar-refractivity contribution >= 4 is 18.0 Å². The zero-order valence-electron chi connectivity index (χ0n) is 14.7. The van der Waals surface area contributed by atoms with Crippen molar-refractivity contribution in [2.24, 2.45) is 0 Å². The quantitative estimate of drug-likeness (QED) is 0.416. The van der Waals surface area contributed by atoms with Gasteiger partial charge in [-0.1, -0.05) is 69.5 Å². The highest BCUT2D eigenvalue weighted by Gasteiger charge is 1.91. The summed E-state index contributed by atoms with van der Waals surface area (Å²) >= 11 is 0. The third-order valence-corrected chi connectivity index (χ3v) is 2.40. The first-order valence-corrected chi connectivity index (χ1v) is 7.81. The van der Waals surface area contributed by atoms with Crippen LogP contribution in [0.25, 0.3) is 6.08 Å². The largest absolute Gasteiger partial charge is 0.463 e. The maximum atomic E-state index is 10.3. The summed E-state index contributed by atoms with van der Waals surface area (Å²) in [6.45, 7) is 14.8. The first-order chi connectivity index (χ1) is 11.5. The van der Waals surface area contributed by atoms with Crippen LogP contribution in [0.3, 0.4) is 0 Å². The number of hydrogen-bond acceptors (Lipinski definition) is 4. The SMILES string of the molecule is C=CC(=O)OCC.C=CC(=O)OCCCC.C=Cc1ccccc1. The molecule has 0 aromatic heterocycles. The Morgan fingerprint density at radius 3 is 1.83 bits per heavy atom. The highest BCUT2D eigenvalue weighted by atomic mass is 16.5. The second-order valence-electron chi connectivity index (χ2n) is 4.30. The van der Waals surface area contributed by atoms with Gasteiger partial charge >= 0.3 is 11.9 Å². The average molecular weight is 332 g/mol. The van der Waals surface area contributed by atoms with E-state index in [1.54, 1.807) is 6.92 Å². The van der Waals surface area contributed by atoms with E-state index in [2.05, 4.69) is 29.2 Å². The number of hydrogen-bond donors (Lipinski definition) is 0. The molecule has 4 heteroatoms. The van der Waals surface area contributed by atoms with E-state index in [0.717, 1.165) is 18.9 Å². The maximum absolute atomic E-state index is 10.3. The topological polar surface area (TPSA) is 52.6 Å². The van der Waals surface area contributed by atoms with E-state index >= 15 is 0 Å². The molecule has 0 saturated carbocycles. The second-order valence-corrected chi connectivity index (χ2v) is 4.30. The lowest BCUT2D eigenvalue weighted by atomic mass is 10.2. The molecule has 0 radical (unpaired) electrons. The molecule has 0 heterocycles. The molecule has 0 aliphatic heterocycles. The lowest BCUT2D eigenvalue weighted by Crippen LogP contribution is -2.00. The van der Waals surface area contributed by atoms with Crippen molar-refractivity contribution in [3.05, 3.63) is 67.8 Å². The van der Waals surface area contributed by atoms with Gasteiger partial charge in [0.1, 0.15) is 0 Å². The molecule has 0 bridgehead atoms. The minimum atomic E-state index is -0.359. The van der Waals surface area contributed by atoms with E-state index in [0.29, 0.717) is 13.2 Å². The Hall–Kier alpha value is -2.62. The summed E-state index contributed by atoms with van der Waals surface area (Å²) in [7, 11) is 0. The van der Waals surface area contributed by atoms with Crippen LogP contribution in [0, 0.1) is 0 Å². The third-order valence-electron chi connectivity index (χ3n) is 2.40. The van der Waals surface area contributed by atoms with Gasteiger partial charge in [0.05, 0.1) is 13.2 Å². The number of esters is 2. The summed E-state index contributed by atoms with van der Waals surface area (Å²) in [5, 5.41) is 0. The maximum Gasteiger partial charge on any atom is 0.330 e. The predicted molar refractivity (Wildman–Crippen MR) is 99.4 cm³/mol. The average Bonchev–Trinajstić information content (AvgIpc) is 2.63. The number of benzene rings is 1. The highest BCUT2D eigenvalue weighted by Crippen LogP contribution is 1.97. The van der Waals surface area contributed by atoms with Gasteiger partial charge in [0.25, 0.3) is 0 Å². The van der Waals surface area contributed by atoms with Gasteiger partial charge in [0, 0.05) is 12.2 Å². The van der Waals surface area contributed by atoms with Crippen molar-refractivity contribution in [3.63, 3.8) is 0 Å². The normalized spacial score (nSPS) is 8.25. The molecule has 24 heavy (non-hydrogen) atoms. The summed E-state index contributed by atoms with van der Waals surface area (Å²) < 4.78 is 9.11. The first kappa shape index (κ1) is 23.6. The fraction of sp³-hybridized carbons (Fsp3) is 0.300. The zero-order chi connectivity index (χ0) is 18.6. The van der Waals surface area contributed by atoms with Gasteiger partial charge in [0.2, 0.25) is 0 Å². The number of unbranched alkanes of at least 4 members (excludes halogenated alkanes) is 1. The number of rotatable bonds is 7. The summed E-state index contributed by atoms with van der Waals surface area (Å²) in [5.41, 5.74) is 1.17. The molecule has 0 aliphatic rings. The lowest BCUT2D eigenvalue weighted by molar-refractivity contribution is -0.138. The number of carbonyl (C=O) groups excluding carboxylic acids is 2. The molecular formula is C20H28O4. The van der Waals surface area contributed by atoms with Gasteiger partial charge in [0.15, 0.2) is 0 Å². The standard InChI is InChI=1S/C8H8.C7H12O2.C5H8O2/c1-2-8-6-4-3-5-7-8;1-3-5-6-9-7(8)4-2;1-3-5(6)7-4-2/h2-7H,1H2;4H,2-3,5-6H2,1H3;3H,1,4H2,2H3. The van der Waals surface area contributed by atoms with Crippen LogP contribution in [0.1, 0.15) is 32.3 Å². The predicted octanol–water partition coefficient (Wildman–Crippen LogP) is 4.58. The molecule has 0 unspecified atom stereocenters. The number of ether oxygens (including phenoxy) is 2. The van der Waals surface area contributed by atoms with E-state index in [9.17, 15) is 9.59 Å². The van der Waals surface area contributed by atoms with E-state index in [4.69, 9.17) is 0 Å². The molecule has 0 aliphatic carbocycles. The minimum Gasteiger partial charge on any atom is -0.463 e. The van der Waals surface area contributed by atoms with E-state index in [-0.39, 0.29) is 11.9 Å². The van der Waals surface area contributed by atoms with Crippen molar-refractivity contribution in [1.29, 1.82) is 0 Å². The van der Waals surface area contributed by atoms with E-state index in [1.807, 2.05) is 43.3 Å². The van der Waals surface area contributed by atoms with Crippen molar-refractivity contribution in [2.75, 3.05) is 13.2 Å². The van der Waals surface area contributed by atoms with Gasteiger partial charge < -0.3 is 9.47 Å². The first-order valence-electron chi connectivity index (χ1n) is 7.81.